The maximum absolute atomic E-state index is 11.0. The van der Waals surface area contributed by atoms with E-state index in [9.17, 15) is 4.79 Å². The second-order valence-electron chi connectivity index (χ2n) is 2.40. The molecule has 0 spiro atoms. The molecule has 1 aliphatic rings. The first-order chi connectivity index (χ1) is 4.25. The van der Waals surface area contributed by atoms with Gasteiger partial charge in [-0.25, -0.2) is 0 Å². The van der Waals surface area contributed by atoms with Crippen LogP contribution in [0.3, 0.4) is 0 Å². The summed E-state index contributed by atoms with van der Waals surface area (Å²) in [6.45, 7) is 6.33. The standard InChI is InChI=1S/C7H11NO/c1-3-8-5-4-6(2)7(8)9/h3,6H,1,4-5H2,2H3. The third-order valence-corrected chi connectivity index (χ3v) is 1.73. The van der Waals surface area contributed by atoms with Crippen LogP contribution >= 0.6 is 0 Å². The fourth-order valence-corrected chi connectivity index (χ4v) is 1.03. The van der Waals surface area contributed by atoms with Crippen LogP contribution in [0.5, 0.6) is 0 Å². The molecule has 1 heterocycles. The fourth-order valence-electron chi connectivity index (χ4n) is 1.03. The summed E-state index contributed by atoms with van der Waals surface area (Å²) >= 11 is 0. The van der Waals surface area contributed by atoms with E-state index in [0.29, 0.717) is 0 Å². The van der Waals surface area contributed by atoms with Crippen molar-refractivity contribution in [3.63, 3.8) is 0 Å². The topological polar surface area (TPSA) is 20.3 Å². The first kappa shape index (κ1) is 6.33. The summed E-state index contributed by atoms with van der Waals surface area (Å²) in [5, 5.41) is 0. The lowest BCUT2D eigenvalue weighted by Gasteiger charge is -2.07. The number of amides is 1. The van der Waals surface area contributed by atoms with Gasteiger partial charge in [0.1, 0.15) is 0 Å². The molecule has 0 radical (unpaired) electrons. The number of rotatable bonds is 1. The van der Waals surface area contributed by atoms with Gasteiger partial charge in [-0.2, -0.15) is 0 Å². The van der Waals surface area contributed by atoms with E-state index >= 15 is 0 Å². The summed E-state index contributed by atoms with van der Waals surface area (Å²) in [6.07, 6.45) is 2.58. The Morgan fingerprint density at radius 1 is 1.89 bits per heavy atom. The van der Waals surface area contributed by atoms with Gasteiger partial charge >= 0.3 is 0 Å². The number of carbonyl (C=O) groups excluding carboxylic acids is 1. The molecule has 0 N–H and O–H groups in total. The third-order valence-electron chi connectivity index (χ3n) is 1.73. The van der Waals surface area contributed by atoms with Crippen LogP contribution in [0.15, 0.2) is 12.8 Å². The average Bonchev–Trinajstić information content (AvgIpc) is 2.15. The highest BCUT2D eigenvalue weighted by atomic mass is 16.2. The van der Waals surface area contributed by atoms with Crippen molar-refractivity contribution >= 4 is 5.91 Å². The number of nitrogens with zero attached hydrogens (tertiary/aromatic N) is 1. The predicted octanol–water partition coefficient (Wildman–Crippen LogP) is 0.998. The van der Waals surface area contributed by atoms with Crippen LogP contribution in [0, 0.1) is 5.92 Å². The molecule has 1 unspecified atom stereocenters. The number of hydrogen-bond donors (Lipinski definition) is 0. The molecule has 1 rings (SSSR count). The smallest absolute Gasteiger partial charge is 0.229 e. The second kappa shape index (κ2) is 2.21. The van der Waals surface area contributed by atoms with Crippen molar-refractivity contribution < 1.29 is 4.79 Å². The van der Waals surface area contributed by atoms with Gasteiger partial charge in [0.05, 0.1) is 0 Å². The molecule has 50 valence electrons. The average molecular weight is 125 g/mol. The van der Waals surface area contributed by atoms with Crippen molar-refractivity contribution in [1.82, 2.24) is 4.90 Å². The van der Waals surface area contributed by atoms with Crippen molar-refractivity contribution in [2.45, 2.75) is 13.3 Å². The monoisotopic (exact) mass is 125 g/mol. The molecular weight excluding hydrogens is 114 g/mol. The first-order valence-corrected chi connectivity index (χ1v) is 3.18. The second-order valence-corrected chi connectivity index (χ2v) is 2.40. The number of carbonyl (C=O) groups is 1. The summed E-state index contributed by atoms with van der Waals surface area (Å²) in [5.74, 6) is 0.424. The SMILES string of the molecule is C=CN1CCC(C)C1=O. The number of likely N-dealkylation sites (tertiary alicyclic amines) is 1. The molecule has 0 aromatic carbocycles. The van der Waals surface area contributed by atoms with Gasteiger partial charge in [0.2, 0.25) is 5.91 Å². The van der Waals surface area contributed by atoms with E-state index in [1.165, 1.54) is 0 Å². The molecule has 1 saturated heterocycles. The van der Waals surface area contributed by atoms with Gasteiger partial charge < -0.3 is 4.90 Å². The summed E-state index contributed by atoms with van der Waals surface area (Å²) in [4.78, 5) is 12.7. The van der Waals surface area contributed by atoms with Crippen molar-refractivity contribution in [1.29, 1.82) is 0 Å². The Balaban J connectivity index is 2.61. The van der Waals surface area contributed by atoms with Crippen LogP contribution in [0.2, 0.25) is 0 Å². The van der Waals surface area contributed by atoms with Crippen LogP contribution in [0.1, 0.15) is 13.3 Å². The van der Waals surface area contributed by atoms with Crippen molar-refractivity contribution in [3.8, 4) is 0 Å². The lowest BCUT2D eigenvalue weighted by atomic mass is 10.1. The molecule has 0 bridgehead atoms. The van der Waals surface area contributed by atoms with Crippen LogP contribution in [0.4, 0.5) is 0 Å². The molecule has 0 aliphatic carbocycles. The largest absolute Gasteiger partial charge is 0.319 e. The lowest BCUT2D eigenvalue weighted by molar-refractivity contribution is -0.128. The van der Waals surface area contributed by atoms with E-state index in [-0.39, 0.29) is 11.8 Å². The molecule has 0 aromatic heterocycles. The zero-order chi connectivity index (χ0) is 6.85. The molecule has 1 amide bonds. The molecule has 2 nitrogen and oxygen atoms in total. The van der Waals surface area contributed by atoms with E-state index < -0.39 is 0 Å². The molecule has 1 fully saturated rings. The summed E-state index contributed by atoms with van der Waals surface area (Å²) in [7, 11) is 0. The molecule has 0 aromatic rings. The highest BCUT2D eigenvalue weighted by Gasteiger charge is 2.25. The molecule has 1 atom stereocenters. The highest BCUT2D eigenvalue weighted by Crippen LogP contribution is 2.16. The van der Waals surface area contributed by atoms with E-state index in [0.717, 1.165) is 13.0 Å². The Kier molecular flexibility index (Phi) is 1.56. The van der Waals surface area contributed by atoms with Gasteiger partial charge in [-0.05, 0) is 12.6 Å². The zero-order valence-electron chi connectivity index (χ0n) is 5.63. The summed E-state index contributed by atoms with van der Waals surface area (Å²) in [6, 6.07) is 0. The van der Waals surface area contributed by atoms with E-state index in [1.54, 1.807) is 11.1 Å². The fraction of sp³-hybridized carbons (Fsp3) is 0.571. The van der Waals surface area contributed by atoms with Gasteiger partial charge in [-0.1, -0.05) is 13.5 Å². The quantitative estimate of drug-likeness (QED) is 0.512. The van der Waals surface area contributed by atoms with Gasteiger partial charge in [0.25, 0.3) is 0 Å². The van der Waals surface area contributed by atoms with Gasteiger partial charge in [0.15, 0.2) is 0 Å². The van der Waals surface area contributed by atoms with E-state index in [2.05, 4.69) is 6.58 Å². The van der Waals surface area contributed by atoms with Crippen LogP contribution < -0.4 is 0 Å². The molecule has 0 saturated carbocycles. The Morgan fingerprint density at radius 3 is 2.78 bits per heavy atom. The molecule has 1 aliphatic heterocycles. The number of hydrogen-bond acceptors (Lipinski definition) is 1. The van der Waals surface area contributed by atoms with Gasteiger partial charge in [-0.15, -0.1) is 0 Å². The Morgan fingerprint density at radius 2 is 2.56 bits per heavy atom. The van der Waals surface area contributed by atoms with Crippen LogP contribution in [-0.2, 0) is 4.79 Å². The minimum absolute atomic E-state index is 0.211. The molecular formula is C7H11NO. The Hall–Kier alpha value is -0.790. The van der Waals surface area contributed by atoms with Gasteiger partial charge in [0, 0.05) is 12.5 Å². The third kappa shape index (κ3) is 0.969. The normalized spacial score (nSPS) is 27.0. The van der Waals surface area contributed by atoms with Crippen molar-refractivity contribution in [2.24, 2.45) is 5.92 Å². The maximum Gasteiger partial charge on any atom is 0.229 e. The molecule has 9 heavy (non-hydrogen) atoms. The minimum atomic E-state index is 0.211. The van der Waals surface area contributed by atoms with E-state index in [4.69, 9.17) is 0 Å². The van der Waals surface area contributed by atoms with Crippen LogP contribution in [0.25, 0.3) is 0 Å². The Bertz CT molecular complexity index is 142. The van der Waals surface area contributed by atoms with Crippen molar-refractivity contribution in [3.05, 3.63) is 12.8 Å². The van der Waals surface area contributed by atoms with Crippen LogP contribution in [-0.4, -0.2) is 17.4 Å². The highest BCUT2D eigenvalue weighted by molar-refractivity contribution is 5.81. The lowest BCUT2D eigenvalue weighted by Crippen LogP contribution is -2.19. The van der Waals surface area contributed by atoms with Gasteiger partial charge in [-0.3, -0.25) is 4.79 Å². The first-order valence-electron chi connectivity index (χ1n) is 3.18. The maximum atomic E-state index is 11.0. The van der Waals surface area contributed by atoms with Crippen molar-refractivity contribution in [2.75, 3.05) is 6.54 Å². The molecule has 2 heteroatoms. The predicted molar refractivity (Wildman–Crippen MR) is 35.7 cm³/mol. The van der Waals surface area contributed by atoms with E-state index in [1.807, 2.05) is 6.92 Å². The zero-order valence-corrected chi connectivity index (χ0v) is 5.63. The summed E-state index contributed by atoms with van der Waals surface area (Å²) in [5.41, 5.74) is 0. The Labute approximate surface area is 55.2 Å². The summed E-state index contributed by atoms with van der Waals surface area (Å²) < 4.78 is 0. The minimum Gasteiger partial charge on any atom is -0.319 e.